The largest absolute Gasteiger partial charge is 0.365 e. The molecular formula is C23H22N4O. The van der Waals surface area contributed by atoms with Crippen LogP contribution in [-0.2, 0) is 11.8 Å². The average molecular weight is 370 g/mol. The number of aromatic nitrogens is 2. The summed E-state index contributed by atoms with van der Waals surface area (Å²) in [5.74, 6) is 0.852. The van der Waals surface area contributed by atoms with Crippen LogP contribution >= 0.6 is 0 Å². The third kappa shape index (κ3) is 3.60. The lowest BCUT2D eigenvalue weighted by atomic mass is 10.2. The number of imidazole rings is 1. The predicted octanol–water partition coefficient (Wildman–Crippen LogP) is 4.32. The van der Waals surface area contributed by atoms with Gasteiger partial charge in [0.05, 0.1) is 17.6 Å². The number of fused-ring (bicyclic) bond motifs is 1. The number of nitrogens with one attached hydrogen (secondary N) is 1. The summed E-state index contributed by atoms with van der Waals surface area (Å²) < 4.78 is 2.08. The number of likely N-dealkylation sites (N-methyl/N-ethyl adjacent to an activating group) is 1. The number of amides is 1. The number of carbonyl (C=O) groups is 1. The molecule has 28 heavy (non-hydrogen) atoms. The van der Waals surface area contributed by atoms with E-state index in [4.69, 9.17) is 4.98 Å². The molecule has 0 fully saturated rings. The lowest BCUT2D eigenvalue weighted by Gasteiger charge is -2.18. The van der Waals surface area contributed by atoms with Crippen LogP contribution in [0, 0.1) is 0 Å². The van der Waals surface area contributed by atoms with Gasteiger partial charge in [0.2, 0.25) is 5.91 Å². The van der Waals surface area contributed by atoms with E-state index < -0.39 is 0 Å². The van der Waals surface area contributed by atoms with Crippen molar-refractivity contribution in [2.75, 3.05) is 23.8 Å². The molecule has 1 N–H and O–H groups in total. The van der Waals surface area contributed by atoms with Gasteiger partial charge in [0, 0.05) is 31.0 Å². The Morgan fingerprint density at radius 1 is 0.964 bits per heavy atom. The molecule has 0 saturated carbocycles. The number of hydrogen-bond donors (Lipinski definition) is 1. The van der Waals surface area contributed by atoms with E-state index in [9.17, 15) is 4.79 Å². The number of nitrogens with zero attached hydrogens (tertiary/aromatic N) is 3. The highest BCUT2D eigenvalue weighted by atomic mass is 16.2. The lowest BCUT2D eigenvalue weighted by Crippen LogP contribution is -2.29. The highest BCUT2D eigenvalue weighted by molar-refractivity contribution is 5.94. The number of aryl methyl sites for hydroxylation is 1. The summed E-state index contributed by atoms with van der Waals surface area (Å²) in [6, 6.07) is 25.7. The second-order valence-electron chi connectivity index (χ2n) is 6.80. The molecular weight excluding hydrogens is 348 g/mol. The first-order valence-corrected chi connectivity index (χ1v) is 9.20. The summed E-state index contributed by atoms with van der Waals surface area (Å²) in [6.07, 6.45) is 0. The Morgan fingerprint density at radius 2 is 1.64 bits per heavy atom. The smallest absolute Gasteiger partial charge is 0.243 e. The topological polar surface area (TPSA) is 50.2 Å². The lowest BCUT2D eigenvalue weighted by molar-refractivity contribution is -0.114. The molecule has 0 saturated heterocycles. The van der Waals surface area contributed by atoms with Gasteiger partial charge in [-0.3, -0.25) is 4.79 Å². The number of para-hydroxylation sites is 3. The number of carbonyl (C=O) groups excluding carboxylic acids is 1. The molecule has 3 aromatic carbocycles. The van der Waals surface area contributed by atoms with Crippen LogP contribution in [0.25, 0.3) is 22.4 Å². The predicted molar refractivity (Wildman–Crippen MR) is 114 cm³/mol. The first-order valence-electron chi connectivity index (χ1n) is 9.20. The van der Waals surface area contributed by atoms with Crippen LogP contribution in [0.15, 0.2) is 78.9 Å². The molecule has 0 aliphatic rings. The van der Waals surface area contributed by atoms with E-state index in [0.717, 1.165) is 33.8 Å². The molecule has 0 radical (unpaired) electrons. The summed E-state index contributed by atoms with van der Waals surface area (Å²) in [6.45, 7) is 0.288. The Hall–Kier alpha value is -3.60. The molecule has 140 valence electrons. The molecule has 0 spiro atoms. The van der Waals surface area contributed by atoms with E-state index in [1.54, 1.807) is 0 Å². The minimum atomic E-state index is -0.0539. The summed E-state index contributed by atoms with van der Waals surface area (Å²) in [5.41, 5.74) is 4.86. The summed E-state index contributed by atoms with van der Waals surface area (Å²) in [4.78, 5) is 19.0. The zero-order chi connectivity index (χ0) is 19.5. The van der Waals surface area contributed by atoms with Gasteiger partial charge >= 0.3 is 0 Å². The minimum absolute atomic E-state index is 0.0539. The molecule has 1 aromatic heterocycles. The highest BCUT2D eigenvalue weighted by Crippen LogP contribution is 2.24. The number of rotatable bonds is 5. The fraction of sp³-hybridized carbons (Fsp3) is 0.130. The highest BCUT2D eigenvalue weighted by Gasteiger charge is 2.11. The fourth-order valence-electron chi connectivity index (χ4n) is 3.30. The van der Waals surface area contributed by atoms with E-state index >= 15 is 0 Å². The third-order valence-electron chi connectivity index (χ3n) is 4.79. The zero-order valence-electron chi connectivity index (χ0n) is 16.0. The molecule has 0 unspecified atom stereocenters. The quantitative estimate of drug-likeness (QED) is 0.569. The van der Waals surface area contributed by atoms with Crippen molar-refractivity contribution in [2.24, 2.45) is 7.05 Å². The van der Waals surface area contributed by atoms with Crippen LogP contribution in [0.1, 0.15) is 0 Å². The molecule has 1 heterocycles. The van der Waals surface area contributed by atoms with Gasteiger partial charge in [0.25, 0.3) is 0 Å². The van der Waals surface area contributed by atoms with E-state index in [1.807, 2.05) is 91.8 Å². The summed E-state index contributed by atoms with van der Waals surface area (Å²) >= 11 is 0. The second-order valence-corrected chi connectivity index (χ2v) is 6.80. The number of benzene rings is 3. The summed E-state index contributed by atoms with van der Waals surface area (Å²) in [5, 5.41) is 2.95. The Morgan fingerprint density at radius 3 is 2.36 bits per heavy atom. The van der Waals surface area contributed by atoms with Gasteiger partial charge in [-0.2, -0.15) is 0 Å². The summed E-state index contributed by atoms with van der Waals surface area (Å²) in [7, 11) is 3.92. The van der Waals surface area contributed by atoms with E-state index in [2.05, 4.69) is 16.0 Å². The van der Waals surface area contributed by atoms with Crippen LogP contribution in [0.4, 0.5) is 11.4 Å². The number of hydrogen-bond acceptors (Lipinski definition) is 3. The van der Waals surface area contributed by atoms with Gasteiger partial charge < -0.3 is 14.8 Å². The van der Waals surface area contributed by atoms with Crippen molar-refractivity contribution in [1.82, 2.24) is 9.55 Å². The maximum Gasteiger partial charge on any atom is 0.243 e. The minimum Gasteiger partial charge on any atom is -0.365 e. The van der Waals surface area contributed by atoms with Crippen LogP contribution in [0.2, 0.25) is 0 Å². The molecule has 5 nitrogen and oxygen atoms in total. The Kier molecular flexibility index (Phi) is 4.81. The maximum absolute atomic E-state index is 12.4. The zero-order valence-corrected chi connectivity index (χ0v) is 16.0. The Labute approximate surface area is 164 Å². The van der Waals surface area contributed by atoms with Crippen molar-refractivity contribution >= 4 is 28.3 Å². The Balaban J connectivity index is 1.46. The molecule has 0 aliphatic heterocycles. The van der Waals surface area contributed by atoms with Gasteiger partial charge in [-0.15, -0.1) is 0 Å². The van der Waals surface area contributed by atoms with Gasteiger partial charge in [-0.25, -0.2) is 4.98 Å². The van der Waals surface area contributed by atoms with Gasteiger partial charge in [0.1, 0.15) is 5.82 Å². The van der Waals surface area contributed by atoms with E-state index in [1.165, 1.54) is 0 Å². The first kappa shape index (κ1) is 17.8. The number of anilines is 2. The van der Waals surface area contributed by atoms with Crippen LogP contribution in [-0.4, -0.2) is 29.1 Å². The molecule has 0 bridgehead atoms. The molecule has 0 aliphatic carbocycles. The van der Waals surface area contributed by atoms with Gasteiger partial charge in [0.15, 0.2) is 0 Å². The molecule has 4 rings (SSSR count). The monoisotopic (exact) mass is 370 g/mol. The average Bonchev–Trinajstić information content (AvgIpc) is 3.06. The van der Waals surface area contributed by atoms with Crippen molar-refractivity contribution in [1.29, 1.82) is 0 Å². The molecule has 0 atom stereocenters. The van der Waals surface area contributed by atoms with Crippen LogP contribution in [0.5, 0.6) is 0 Å². The Bertz CT molecular complexity index is 1100. The van der Waals surface area contributed by atoms with Crippen molar-refractivity contribution in [3.63, 3.8) is 0 Å². The first-order chi connectivity index (χ1) is 13.6. The van der Waals surface area contributed by atoms with Gasteiger partial charge in [-0.05, 0) is 48.5 Å². The standard InChI is InChI=1S/C23H22N4O/c1-26(19-8-4-3-5-9-19)16-22(28)24-18-14-12-17(13-15-18)23-25-20-10-6-7-11-21(20)27(23)2/h3-15H,16H2,1-2H3,(H,24,28). The third-order valence-corrected chi connectivity index (χ3v) is 4.79. The van der Waals surface area contributed by atoms with E-state index in [-0.39, 0.29) is 12.5 Å². The van der Waals surface area contributed by atoms with Crippen LogP contribution in [0.3, 0.4) is 0 Å². The normalized spacial score (nSPS) is 10.8. The second kappa shape index (κ2) is 7.56. The van der Waals surface area contributed by atoms with Crippen molar-refractivity contribution in [3.8, 4) is 11.4 Å². The molecule has 5 heteroatoms. The molecule has 1 amide bonds. The van der Waals surface area contributed by atoms with E-state index in [0.29, 0.717) is 0 Å². The van der Waals surface area contributed by atoms with Gasteiger partial charge in [-0.1, -0.05) is 30.3 Å². The fourth-order valence-corrected chi connectivity index (χ4v) is 3.30. The SMILES string of the molecule is CN(CC(=O)Nc1ccc(-c2nc3ccccc3n2C)cc1)c1ccccc1. The van der Waals surface area contributed by atoms with Crippen LogP contribution < -0.4 is 10.2 Å². The maximum atomic E-state index is 12.4. The van der Waals surface area contributed by atoms with Crippen molar-refractivity contribution in [2.45, 2.75) is 0 Å². The van der Waals surface area contributed by atoms with Crippen molar-refractivity contribution in [3.05, 3.63) is 78.9 Å². The molecule has 4 aromatic rings. The van der Waals surface area contributed by atoms with Crippen molar-refractivity contribution < 1.29 is 4.79 Å².